The van der Waals surface area contributed by atoms with Gasteiger partial charge in [-0.2, -0.15) is 0 Å². The van der Waals surface area contributed by atoms with E-state index in [1.165, 1.54) is 92.1 Å². The number of hydrogen-bond donors (Lipinski definition) is 0. The smallest absolute Gasteiger partial charge is 0.0425 e. The van der Waals surface area contributed by atoms with E-state index in [1.807, 2.05) is 70.6 Å². The maximum Gasteiger partial charge on any atom is 0.0425 e. The zero-order valence-corrected chi connectivity index (χ0v) is 40.4. The SMILES string of the molecule is CCc1ccc(Sc2c(Sc3ccc(CC)cc3)c(Sc3ccc(CC)cc3)c(Sc3ccc(CC)cc3)c(Sc3ccc(CC)cc3)c2Sc2ccc(CC)cc2)cc1. The molecule has 0 nitrogen and oxygen atoms in total. The second-order valence-corrected chi connectivity index (χ2v) is 21.1. The molecule has 0 bridgehead atoms. The maximum absolute atomic E-state index is 2.32. The van der Waals surface area contributed by atoms with Crippen LogP contribution in [-0.4, -0.2) is 0 Å². The van der Waals surface area contributed by atoms with Gasteiger partial charge in [-0.1, -0.05) is 185 Å². The van der Waals surface area contributed by atoms with Crippen molar-refractivity contribution >= 4 is 70.6 Å². The maximum atomic E-state index is 2.32. The lowest BCUT2D eigenvalue weighted by Gasteiger charge is -2.26. The lowest BCUT2D eigenvalue weighted by Crippen LogP contribution is -1.98. The molecule has 0 aromatic heterocycles. The van der Waals surface area contributed by atoms with Gasteiger partial charge >= 0.3 is 0 Å². The highest BCUT2D eigenvalue weighted by atomic mass is 32.2. The number of hydrogen-bond acceptors (Lipinski definition) is 6. The molecule has 7 aromatic carbocycles. The van der Waals surface area contributed by atoms with Gasteiger partial charge in [0.2, 0.25) is 0 Å². The molecule has 306 valence electrons. The summed E-state index contributed by atoms with van der Waals surface area (Å²) in [5.41, 5.74) is 8.14. The van der Waals surface area contributed by atoms with Gasteiger partial charge in [-0.25, -0.2) is 0 Å². The van der Waals surface area contributed by atoms with Gasteiger partial charge < -0.3 is 0 Å². The minimum atomic E-state index is 1.02. The van der Waals surface area contributed by atoms with E-state index < -0.39 is 0 Å². The summed E-state index contributed by atoms with van der Waals surface area (Å²) in [4.78, 5) is 15.3. The summed E-state index contributed by atoms with van der Waals surface area (Å²) < 4.78 is 0. The summed E-state index contributed by atoms with van der Waals surface area (Å²) in [5.74, 6) is 0. The van der Waals surface area contributed by atoms with Crippen molar-refractivity contribution in [3.05, 3.63) is 179 Å². The Labute approximate surface area is 385 Å². The molecule has 0 spiro atoms. The molecule has 0 amide bonds. The van der Waals surface area contributed by atoms with E-state index in [0.29, 0.717) is 0 Å². The van der Waals surface area contributed by atoms with Gasteiger partial charge in [0.15, 0.2) is 0 Å². The monoisotopic (exact) mass is 894 g/mol. The van der Waals surface area contributed by atoms with Crippen LogP contribution in [0, 0.1) is 0 Å². The molecule has 6 heteroatoms. The first-order chi connectivity index (χ1) is 29.4. The second-order valence-electron chi connectivity index (χ2n) is 14.6. The molecule has 0 fully saturated rings. The van der Waals surface area contributed by atoms with Gasteiger partial charge in [-0.15, -0.1) is 0 Å². The molecule has 0 N–H and O–H groups in total. The zero-order chi connectivity index (χ0) is 41.8. The molecule has 0 radical (unpaired) electrons. The third kappa shape index (κ3) is 11.6. The van der Waals surface area contributed by atoms with Crippen molar-refractivity contribution in [2.24, 2.45) is 0 Å². The van der Waals surface area contributed by atoms with E-state index in [-0.39, 0.29) is 0 Å². The van der Waals surface area contributed by atoms with Crippen LogP contribution in [0.1, 0.15) is 74.9 Å². The first-order valence-corrected chi connectivity index (χ1v) is 26.1. The molecule has 0 unspecified atom stereocenters. The molecule has 7 aromatic rings. The Morgan fingerprint density at radius 2 is 0.317 bits per heavy atom. The first kappa shape index (κ1) is 44.7. The van der Waals surface area contributed by atoms with Crippen LogP contribution >= 0.6 is 70.6 Å². The highest BCUT2D eigenvalue weighted by Crippen LogP contribution is 2.59. The normalized spacial score (nSPS) is 11.3. The predicted molar refractivity (Wildman–Crippen MR) is 266 cm³/mol. The average Bonchev–Trinajstić information content (AvgIpc) is 3.31. The van der Waals surface area contributed by atoms with Gasteiger partial charge in [0, 0.05) is 58.7 Å². The third-order valence-electron chi connectivity index (χ3n) is 10.5. The largest absolute Gasteiger partial charge is 0.0876 e. The summed E-state index contributed by atoms with van der Waals surface area (Å²) in [7, 11) is 0. The van der Waals surface area contributed by atoms with E-state index in [1.54, 1.807) is 0 Å². The molecule has 0 atom stereocenters. The molecule has 0 aliphatic carbocycles. The van der Waals surface area contributed by atoms with Crippen molar-refractivity contribution in [2.75, 3.05) is 0 Å². The van der Waals surface area contributed by atoms with E-state index in [2.05, 4.69) is 187 Å². The topological polar surface area (TPSA) is 0 Å². The molecule has 0 saturated carbocycles. The van der Waals surface area contributed by atoms with Crippen LogP contribution in [0.25, 0.3) is 0 Å². The van der Waals surface area contributed by atoms with Crippen LogP contribution in [0.5, 0.6) is 0 Å². The molecule has 60 heavy (non-hydrogen) atoms. The summed E-state index contributed by atoms with van der Waals surface area (Å²) in [6.07, 6.45) is 6.14. The van der Waals surface area contributed by atoms with E-state index in [4.69, 9.17) is 0 Å². The van der Waals surface area contributed by atoms with Crippen molar-refractivity contribution in [3.8, 4) is 0 Å². The predicted octanol–water partition coefficient (Wildman–Crippen LogP) is 18.0. The molecule has 0 heterocycles. The Hall–Kier alpha value is -3.36. The van der Waals surface area contributed by atoms with Crippen molar-refractivity contribution in [2.45, 2.75) is 139 Å². The van der Waals surface area contributed by atoms with Crippen molar-refractivity contribution in [1.29, 1.82) is 0 Å². The molecule has 7 rings (SSSR count). The van der Waals surface area contributed by atoms with Crippen LogP contribution in [0.4, 0.5) is 0 Å². The molecular weight excluding hydrogens is 841 g/mol. The van der Waals surface area contributed by atoms with E-state index in [0.717, 1.165) is 38.5 Å². The minimum Gasteiger partial charge on any atom is -0.0876 e. The van der Waals surface area contributed by atoms with Gasteiger partial charge in [0.05, 0.1) is 0 Å². The molecular formula is C54H54S6. The Morgan fingerprint density at radius 3 is 0.417 bits per heavy atom. The van der Waals surface area contributed by atoms with Crippen molar-refractivity contribution in [1.82, 2.24) is 0 Å². The molecule has 0 saturated heterocycles. The van der Waals surface area contributed by atoms with Crippen LogP contribution in [0.3, 0.4) is 0 Å². The fourth-order valence-corrected chi connectivity index (χ4v) is 13.9. The fraction of sp³-hybridized carbons (Fsp3) is 0.222. The summed E-state index contributed by atoms with van der Waals surface area (Å²) in [6, 6.07) is 55.5. The van der Waals surface area contributed by atoms with Crippen LogP contribution in [0.2, 0.25) is 0 Å². The minimum absolute atomic E-state index is 1.02. The van der Waals surface area contributed by atoms with Gasteiger partial charge in [-0.05, 0) is 145 Å². The van der Waals surface area contributed by atoms with E-state index >= 15 is 0 Å². The quantitative estimate of drug-likeness (QED) is 0.0836. The molecule has 0 aliphatic rings. The number of rotatable bonds is 18. The van der Waals surface area contributed by atoms with Crippen LogP contribution in [0.15, 0.2) is 204 Å². The Bertz CT molecular complexity index is 1960. The average molecular weight is 895 g/mol. The van der Waals surface area contributed by atoms with Crippen molar-refractivity contribution < 1.29 is 0 Å². The second kappa shape index (κ2) is 22.1. The fourth-order valence-electron chi connectivity index (χ4n) is 6.64. The standard InChI is InChI=1S/C54H54S6/c1-7-37-13-25-43(26-14-37)55-49-50(56-44-27-15-38(8-2)16-28-44)52(58-46-31-19-40(10-4)20-32-46)54(60-48-35-23-42(12-6)24-36-48)53(59-47-33-21-41(11-5)22-34-47)51(49)57-45-29-17-39(9-3)18-30-45/h13-36H,7-12H2,1-6H3. The number of benzene rings is 7. The third-order valence-corrected chi connectivity index (χ3v) is 18.0. The Morgan fingerprint density at radius 1 is 0.200 bits per heavy atom. The summed E-state index contributed by atoms with van der Waals surface area (Å²) in [5, 5.41) is 0. The van der Waals surface area contributed by atoms with Crippen LogP contribution in [-0.2, 0) is 38.5 Å². The Balaban J connectivity index is 1.56. The number of aryl methyl sites for hydroxylation is 6. The molecule has 0 aliphatic heterocycles. The lowest BCUT2D eigenvalue weighted by atomic mass is 10.2. The highest BCUT2D eigenvalue weighted by Gasteiger charge is 2.29. The summed E-state index contributed by atoms with van der Waals surface area (Å²) >= 11 is 11.5. The highest BCUT2D eigenvalue weighted by molar-refractivity contribution is 8.07. The lowest BCUT2D eigenvalue weighted by molar-refractivity contribution is 0.871. The zero-order valence-electron chi connectivity index (χ0n) is 35.5. The van der Waals surface area contributed by atoms with Gasteiger partial charge in [-0.3, -0.25) is 0 Å². The first-order valence-electron chi connectivity index (χ1n) is 21.2. The Kier molecular flexibility index (Phi) is 16.5. The van der Waals surface area contributed by atoms with Crippen molar-refractivity contribution in [3.63, 3.8) is 0 Å². The van der Waals surface area contributed by atoms with Gasteiger partial charge in [0.1, 0.15) is 0 Å². The summed E-state index contributed by atoms with van der Waals surface area (Å²) in [6.45, 7) is 13.4. The van der Waals surface area contributed by atoms with Crippen LogP contribution < -0.4 is 0 Å². The van der Waals surface area contributed by atoms with E-state index in [9.17, 15) is 0 Å². The van der Waals surface area contributed by atoms with Gasteiger partial charge in [0.25, 0.3) is 0 Å².